The Bertz CT molecular complexity index is 1470. The van der Waals surface area contributed by atoms with Gasteiger partial charge in [0, 0.05) is 28.6 Å². The normalized spacial score (nSPS) is 11.7. The Morgan fingerprint density at radius 1 is 0.938 bits per heavy atom. The van der Waals surface area contributed by atoms with Gasteiger partial charge in [-0.1, -0.05) is 18.2 Å². The van der Waals surface area contributed by atoms with Gasteiger partial charge in [0.2, 0.25) is 11.4 Å². The maximum atomic E-state index is 11.4. The molecule has 3 aromatic heterocycles. The monoisotopic (exact) mass is 448 g/mol. The van der Waals surface area contributed by atoms with E-state index in [0.717, 1.165) is 5.69 Å². The minimum Gasteiger partial charge on any atom is -0.507 e. The van der Waals surface area contributed by atoms with E-state index >= 15 is 0 Å². The van der Waals surface area contributed by atoms with Crippen LogP contribution in [0.1, 0.15) is 0 Å². The molecule has 0 aliphatic carbocycles. The van der Waals surface area contributed by atoms with E-state index in [9.17, 15) is 19.5 Å². The lowest BCUT2D eigenvalue weighted by molar-refractivity contribution is 0.377. The van der Waals surface area contributed by atoms with Gasteiger partial charge < -0.3 is 24.6 Å². The number of benzene rings is 2. The molecule has 3 heterocycles. The van der Waals surface area contributed by atoms with E-state index in [1.165, 1.54) is 18.2 Å². The number of nitrogens with zero attached hydrogens (tertiary/aromatic N) is 3. The fraction of sp³-hybridized carbons (Fsp3) is 0. The molecular formula is C22H17N4O5P. The minimum absolute atomic E-state index is 0.0178. The molecule has 0 unspecified atom stereocenters. The Balaban J connectivity index is 1.57. The van der Waals surface area contributed by atoms with Crippen LogP contribution in [0.5, 0.6) is 5.75 Å². The van der Waals surface area contributed by atoms with Crippen molar-refractivity contribution in [2.24, 2.45) is 0 Å². The Morgan fingerprint density at radius 3 is 2.50 bits per heavy atom. The zero-order valence-corrected chi connectivity index (χ0v) is 17.3. The molecule has 9 nitrogen and oxygen atoms in total. The Labute approximate surface area is 181 Å². The first kappa shape index (κ1) is 20.0. The molecule has 32 heavy (non-hydrogen) atoms. The number of hydrogen-bond acceptors (Lipinski definition) is 6. The molecule has 0 spiro atoms. The molecule has 5 rings (SSSR count). The van der Waals surface area contributed by atoms with Gasteiger partial charge in [0.15, 0.2) is 5.65 Å². The van der Waals surface area contributed by atoms with Crippen LogP contribution in [0.25, 0.3) is 28.1 Å². The van der Waals surface area contributed by atoms with Gasteiger partial charge in [-0.2, -0.15) is 4.98 Å². The van der Waals surface area contributed by atoms with Crippen molar-refractivity contribution in [2.45, 2.75) is 0 Å². The third kappa shape index (κ3) is 3.76. The summed E-state index contributed by atoms with van der Waals surface area (Å²) >= 11 is 0. The first-order chi connectivity index (χ1) is 15.4. The van der Waals surface area contributed by atoms with Gasteiger partial charge in [0.25, 0.3) is 0 Å². The summed E-state index contributed by atoms with van der Waals surface area (Å²) in [6, 6.07) is 20.6. The summed E-state index contributed by atoms with van der Waals surface area (Å²) in [5.41, 5.74) is 2.59. The number of aromatic hydroxyl groups is 1. The number of furan rings is 1. The number of rotatable bonds is 5. The van der Waals surface area contributed by atoms with Crippen LogP contribution >= 0.6 is 7.60 Å². The molecule has 4 N–H and O–H groups in total. The van der Waals surface area contributed by atoms with E-state index in [-0.39, 0.29) is 11.5 Å². The van der Waals surface area contributed by atoms with Gasteiger partial charge >= 0.3 is 7.60 Å². The SMILES string of the molecule is O=P(O)(O)c1ccc(-c2ccc(O)c(-c3cccn4nc(Nc5ccccc5)nc34)c2)o1. The zero-order chi connectivity index (χ0) is 22.3. The van der Waals surface area contributed by atoms with Crippen molar-refractivity contribution in [2.75, 3.05) is 5.32 Å². The third-order valence-corrected chi connectivity index (χ3v) is 5.66. The summed E-state index contributed by atoms with van der Waals surface area (Å²) < 4.78 is 18.4. The molecule has 0 radical (unpaired) electrons. The van der Waals surface area contributed by atoms with Crippen LogP contribution in [0.15, 0.2) is 83.4 Å². The number of fused-ring (bicyclic) bond motifs is 1. The number of phenols is 1. The van der Waals surface area contributed by atoms with Crippen LogP contribution < -0.4 is 10.8 Å². The number of hydrogen-bond donors (Lipinski definition) is 4. The second kappa shape index (κ2) is 7.65. The first-order valence-electron chi connectivity index (χ1n) is 9.56. The summed E-state index contributed by atoms with van der Waals surface area (Å²) in [6.45, 7) is 0. The molecule has 0 saturated carbocycles. The van der Waals surface area contributed by atoms with Crippen molar-refractivity contribution >= 4 is 30.4 Å². The van der Waals surface area contributed by atoms with Crippen molar-refractivity contribution in [3.63, 3.8) is 0 Å². The molecule has 2 aromatic carbocycles. The second-order valence-electron chi connectivity index (χ2n) is 7.03. The van der Waals surface area contributed by atoms with Crippen molar-refractivity contribution in [3.8, 4) is 28.2 Å². The van der Waals surface area contributed by atoms with Crippen LogP contribution in [0.2, 0.25) is 0 Å². The van der Waals surface area contributed by atoms with Gasteiger partial charge in [0.1, 0.15) is 11.5 Å². The first-order valence-corrected chi connectivity index (χ1v) is 11.2. The molecule has 0 saturated heterocycles. The molecule has 0 aliphatic rings. The predicted octanol–water partition coefficient (Wildman–Crippen LogP) is 3.91. The number of phenolic OH excluding ortho intramolecular Hbond substituents is 1. The minimum atomic E-state index is -4.50. The van der Waals surface area contributed by atoms with Crippen LogP contribution in [0, 0.1) is 0 Å². The fourth-order valence-electron chi connectivity index (χ4n) is 3.36. The Morgan fingerprint density at radius 2 is 1.75 bits per heavy atom. The Kier molecular flexibility index (Phi) is 4.79. The van der Waals surface area contributed by atoms with Crippen LogP contribution in [0.3, 0.4) is 0 Å². The molecule has 5 aromatic rings. The summed E-state index contributed by atoms with van der Waals surface area (Å²) in [5, 5.41) is 18.1. The van der Waals surface area contributed by atoms with Gasteiger partial charge in [-0.25, -0.2) is 4.52 Å². The molecule has 10 heteroatoms. The van der Waals surface area contributed by atoms with Gasteiger partial charge in [-0.05, 0) is 54.6 Å². The molecular weight excluding hydrogens is 431 g/mol. The number of aromatic nitrogens is 3. The number of para-hydroxylation sites is 1. The second-order valence-corrected chi connectivity index (χ2v) is 8.56. The van der Waals surface area contributed by atoms with Gasteiger partial charge in [0.05, 0.1) is 0 Å². The molecule has 0 atom stereocenters. The van der Waals surface area contributed by atoms with E-state index in [1.807, 2.05) is 30.3 Å². The molecule has 0 aliphatic heterocycles. The quantitative estimate of drug-likeness (QED) is 0.298. The summed E-state index contributed by atoms with van der Waals surface area (Å²) in [5.74, 6) is 0.685. The summed E-state index contributed by atoms with van der Waals surface area (Å²) in [7, 11) is -4.50. The van der Waals surface area contributed by atoms with Gasteiger partial charge in [-0.15, -0.1) is 5.10 Å². The van der Waals surface area contributed by atoms with E-state index < -0.39 is 13.1 Å². The summed E-state index contributed by atoms with van der Waals surface area (Å²) in [4.78, 5) is 23.2. The highest BCUT2D eigenvalue weighted by molar-refractivity contribution is 7.59. The van der Waals surface area contributed by atoms with Crippen LogP contribution in [0.4, 0.5) is 11.6 Å². The lowest BCUT2D eigenvalue weighted by atomic mass is 10.0. The maximum absolute atomic E-state index is 11.4. The predicted molar refractivity (Wildman–Crippen MR) is 119 cm³/mol. The third-order valence-electron chi connectivity index (χ3n) is 4.84. The largest absolute Gasteiger partial charge is 0.507 e. The lowest BCUT2D eigenvalue weighted by Gasteiger charge is -2.08. The fourth-order valence-corrected chi connectivity index (χ4v) is 3.85. The number of pyridine rings is 1. The lowest BCUT2D eigenvalue weighted by Crippen LogP contribution is -1.98. The molecule has 160 valence electrons. The Hall–Kier alpha value is -3.91. The topological polar surface area (TPSA) is 133 Å². The number of anilines is 2. The molecule has 0 fully saturated rings. The maximum Gasteiger partial charge on any atom is 0.391 e. The van der Waals surface area contributed by atoms with Crippen molar-refractivity contribution in [3.05, 3.63) is 79.0 Å². The van der Waals surface area contributed by atoms with Crippen LogP contribution in [-0.2, 0) is 4.57 Å². The smallest absolute Gasteiger partial charge is 0.391 e. The van der Waals surface area contributed by atoms with Crippen LogP contribution in [-0.4, -0.2) is 29.5 Å². The summed E-state index contributed by atoms with van der Waals surface area (Å²) in [6.07, 6.45) is 1.75. The molecule has 0 bridgehead atoms. The van der Waals surface area contributed by atoms with Crippen molar-refractivity contribution < 1.29 is 23.9 Å². The number of nitrogens with one attached hydrogen (secondary N) is 1. The zero-order valence-electron chi connectivity index (χ0n) is 16.5. The van der Waals surface area contributed by atoms with E-state index in [4.69, 9.17) is 4.42 Å². The highest BCUT2D eigenvalue weighted by Gasteiger charge is 2.23. The van der Waals surface area contributed by atoms with E-state index in [2.05, 4.69) is 15.4 Å². The highest BCUT2D eigenvalue weighted by atomic mass is 31.2. The van der Waals surface area contributed by atoms with E-state index in [1.54, 1.807) is 35.0 Å². The van der Waals surface area contributed by atoms with Crippen molar-refractivity contribution in [1.82, 2.24) is 14.6 Å². The average molecular weight is 448 g/mol. The molecule has 0 amide bonds. The van der Waals surface area contributed by atoms with E-state index in [0.29, 0.717) is 28.3 Å². The van der Waals surface area contributed by atoms with Gasteiger partial charge in [-0.3, -0.25) is 4.57 Å². The average Bonchev–Trinajstić information content (AvgIpc) is 3.42. The highest BCUT2D eigenvalue weighted by Crippen LogP contribution is 2.38. The standard InChI is InChI=1S/C22H17N4O5P/c27-18-9-8-14(19-10-11-20(31-19)32(28,29)30)13-17(18)16-7-4-12-26-21(16)24-22(25-26)23-15-5-2-1-3-6-15/h1-13,27H,(H,23,25)(H2,28,29,30). The van der Waals surface area contributed by atoms with Crippen molar-refractivity contribution in [1.29, 1.82) is 0 Å².